The molecular weight excluding hydrogens is 102 g/mol. The lowest BCUT2D eigenvalue weighted by Crippen LogP contribution is -2.01. The molecule has 0 amide bonds. The van der Waals surface area contributed by atoms with Gasteiger partial charge < -0.3 is 5.11 Å². The maximum Gasteiger partial charge on any atom is 0.0434 e. The van der Waals surface area contributed by atoms with Crippen molar-refractivity contribution in [2.45, 2.75) is 12.8 Å². The van der Waals surface area contributed by atoms with E-state index in [4.69, 9.17) is 5.11 Å². The van der Waals surface area contributed by atoms with Gasteiger partial charge in [-0.25, -0.2) is 0 Å². The highest BCUT2D eigenvalue weighted by Gasteiger charge is 2.08. The van der Waals surface area contributed by atoms with E-state index in [1.54, 1.807) is 0 Å². The Morgan fingerprint density at radius 3 is 3.12 bits per heavy atom. The summed E-state index contributed by atoms with van der Waals surface area (Å²) >= 11 is 0. The third kappa shape index (κ3) is 1.30. The second kappa shape index (κ2) is 2.82. The maximum atomic E-state index is 8.47. The molecule has 1 N–H and O–H groups in total. The number of hydrogen-bond acceptors (Lipinski definition) is 2. The van der Waals surface area contributed by atoms with Crippen LogP contribution in [-0.2, 0) is 0 Å². The Morgan fingerprint density at radius 2 is 2.62 bits per heavy atom. The molecule has 2 heteroatoms. The fourth-order valence-electron chi connectivity index (χ4n) is 0.913. The van der Waals surface area contributed by atoms with Crippen molar-refractivity contribution < 1.29 is 5.11 Å². The molecule has 1 unspecified atom stereocenters. The zero-order valence-corrected chi connectivity index (χ0v) is 4.88. The molecule has 0 aliphatic carbocycles. The molecule has 0 saturated carbocycles. The maximum absolute atomic E-state index is 8.47. The normalized spacial score (nSPS) is 26.9. The Kier molecular flexibility index (Phi) is 2.03. The van der Waals surface area contributed by atoms with Gasteiger partial charge in [0.05, 0.1) is 0 Å². The van der Waals surface area contributed by atoms with Gasteiger partial charge in [0, 0.05) is 13.2 Å². The zero-order chi connectivity index (χ0) is 5.82. The molecule has 2 nitrogen and oxygen atoms in total. The average molecular weight is 113 g/mol. The predicted molar refractivity (Wildman–Crippen MR) is 33.2 cm³/mol. The molecule has 0 radical (unpaired) electrons. The lowest BCUT2D eigenvalue weighted by molar-refractivity contribution is 0.263. The van der Waals surface area contributed by atoms with E-state index in [9.17, 15) is 0 Å². The number of hydrogen-bond donors (Lipinski definition) is 1. The molecule has 0 aromatic rings. The molecule has 46 valence electrons. The molecule has 1 aliphatic rings. The fourth-order valence-corrected chi connectivity index (χ4v) is 0.913. The zero-order valence-electron chi connectivity index (χ0n) is 4.88. The van der Waals surface area contributed by atoms with Gasteiger partial charge in [-0.05, 0) is 25.0 Å². The smallest absolute Gasteiger partial charge is 0.0434 e. The molecule has 1 heterocycles. The van der Waals surface area contributed by atoms with Crippen LogP contribution in [0.25, 0.3) is 0 Å². The van der Waals surface area contributed by atoms with Crippen LogP contribution in [0.3, 0.4) is 0 Å². The van der Waals surface area contributed by atoms with Crippen LogP contribution in [0.5, 0.6) is 0 Å². The van der Waals surface area contributed by atoms with Gasteiger partial charge in [-0.2, -0.15) is 0 Å². The first-order valence-corrected chi connectivity index (χ1v) is 3.02. The van der Waals surface area contributed by atoms with Crippen molar-refractivity contribution in [3.63, 3.8) is 0 Å². The van der Waals surface area contributed by atoms with Gasteiger partial charge in [0.2, 0.25) is 0 Å². The van der Waals surface area contributed by atoms with Crippen molar-refractivity contribution in [1.29, 1.82) is 0 Å². The van der Waals surface area contributed by atoms with E-state index in [0.717, 1.165) is 19.4 Å². The van der Waals surface area contributed by atoms with E-state index in [1.807, 2.05) is 6.21 Å². The van der Waals surface area contributed by atoms with E-state index < -0.39 is 0 Å². The number of nitrogens with zero attached hydrogens (tertiary/aromatic N) is 1. The van der Waals surface area contributed by atoms with Gasteiger partial charge in [-0.15, -0.1) is 0 Å². The molecule has 1 aliphatic heterocycles. The summed E-state index contributed by atoms with van der Waals surface area (Å²) in [6.45, 7) is 1.24. The number of aliphatic imine (C=N–C) groups is 1. The fraction of sp³-hybridized carbons (Fsp3) is 0.833. The van der Waals surface area contributed by atoms with Crippen LogP contribution in [0.15, 0.2) is 4.99 Å². The molecule has 0 bridgehead atoms. The highest BCUT2D eigenvalue weighted by Crippen LogP contribution is 2.11. The Morgan fingerprint density at radius 1 is 1.75 bits per heavy atom. The van der Waals surface area contributed by atoms with Crippen LogP contribution in [0, 0.1) is 5.92 Å². The Balaban J connectivity index is 2.10. The predicted octanol–water partition coefficient (Wildman–Crippen LogP) is 0.460. The van der Waals surface area contributed by atoms with Crippen molar-refractivity contribution in [3.05, 3.63) is 0 Å². The average Bonchev–Trinajstić information content (AvgIpc) is 2.19. The van der Waals surface area contributed by atoms with Crippen LogP contribution >= 0.6 is 0 Å². The number of rotatable bonds is 2. The first-order chi connectivity index (χ1) is 3.93. The molecule has 0 aromatic heterocycles. The summed E-state index contributed by atoms with van der Waals surface area (Å²) in [6, 6.07) is 0. The van der Waals surface area contributed by atoms with Gasteiger partial charge >= 0.3 is 0 Å². The molecule has 0 fully saturated rings. The van der Waals surface area contributed by atoms with Gasteiger partial charge in [-0.3, -0.25) is 4.99 Å². The summed E-state index contributed by atoms with van der Waals surface area (Å²) < 4.78 is 0. The SMILES string of the molecule is OCCC1CC=NC1. The van der Waals surface area contributed by atoms with Crippen molar-refractivity contribution in [2.75, 3.05) is 13.2 Å². The summed E-state index contributed by atoms with van der Waals surface area (Å²) in [4.78, 5) is 4.05. The van der Waals surface area contributed by atoms with Crippen molar-refractivity contribution >= 4 is 6.21 Å². The lowest BCUT2D eigenvalue weighted by atomic mass is 10.1. The van der Waals surface area contributed by atoms with E-state index in [0.29, 0.717) is 12.5 Å². The molecule has 8 heavy (non-hydrogen) atoms. The minimum absolute atomic E-state index is 0.314. The molecular formula is C6H11NO. The summed E-state index contributed by atoms with van der Waals surface area (Å²) in [5, 5.41) is 8.47. The lowest BCUT2D eigenvalue weighted by Gasteiger charge is -2.01. The van der Waals surface area contributed by atoms with Crippen LogP contribution in [0.1, 0.15) is 12.8 Å². The highest BCUT2D eigenvalue weighted by molar-refractivity contribution is 5.59. The highest BCUT2D eigenvalue weighted by atomic mass is 16.3. The monoisotopic (exact) mass is 113 g/mol. The van der Waals surface area contributed by atoms with E-state index in [1.165, 1.54) is 0 Å². The van der Waals surface area contributed by atoms with E-state index >= 15 is 0 Å². The standard InChI is InChI=1S/C6H11NO/c8-4-2-6-1-3-7-5-6/h3,6,8H,1-2,4-5H2. The molecule has 0 spiro atoms. The second-order valence-corrected chi connectivity index (χ2v) is 2.16. The van der Waals surface area contributed by atoms with E-state index in [2.05, 4.69) is 4.99 Å². The van der Waals surface area contributed by atoms with Crippen molar-refractivity contribution in [1.82, 2.24) is 0 Å². The first-order valence-electron chi connectivity index (χ1n) is 3.02. The third-order valence-corrected chi connectivity index (χ3v) is 1.47. The van der Waals surface area contributed by atoms with Gasteiger partial charge in [0.25, 0.3) is 0 Å². The van der Waals surface area contributed by atoms with Crippen molar-refractivity contribution in [2.24, 2.45) is 10.9 Å². The Hall–Kier alpha value is -0.370. The van der Waals surface area contributed by atoms with Crippen LogP contribution < -0.4 is 0 Å². The topological polar surface area (TPSA) is 32.6 Å². The van der Waals surface area contributed by atoms with Crippen molar-refractivity contribution in [3.8, 4) is 0 Å². The van der Waals surface area contributed by atoms with Crippen LogP contribution in [0.2, 0.25) is 0 Å². The van der Waals surface area contributed by atoms with Crippen LogP contribution in [-0.4, -0.2) is 24.5 Å². The number of aliphatic hydroxyl groups is 1. The largest absolute Gasteiger partial charge is 0.396 e. The van der Waals surface area contributed by atoms with Gasteiger partial charge in [0.15, 0.2) is 0 Å². The molecule has 0 aromatic carbocycles. The first kappa shape index (κ1) is 5.76. The van der Waals surface area contributed by atoms with Crippen LogP contribution in [0.4, 0.5) is 0 Å². The molecule has 1 rings (SSSR count). The Bertz CT molecular complexity index is 82.5. The third-order valence-electron chi connectivity index (χ3n) is 1.47. The molecule has 1 atom stereocenters. The molecule has 0 saturated heterocycles. The quantitative estimate of drug-likeness (QED) is 0.554. The second-order valence-electron chi connectivity index (χ2n) is 2.16. The Labute approximate surface area is 49.2 Å². The minimum Gasteiger partial charge on any atom is -0.396 e. The van der Waals surface area contributed by atoms with Gasteiger partial charge in [-0.1, -0.05) is 0 Å². The van der Waals surface area contributed by atoms with E-state index in [-0.39, 0.29) is 0 Å². The van der Waals surface area contributed by atoms with Gasteiger partial charge in [0.1, 0.15) is 0 Å². The minimum atomic E-state index is 0.314. The summed E-state index contributed by atoms with van der Waals surface area (Å²) in [5.74, 6) is 0.639. The summed E-state index contributed by atoms with van der Waals surface area (Å²) in [5.41, 5.74) is 0. The summed E-state index contributed by atoms with van der Waals surface area (Å²) in [7, 11) is 0. The number of aliphatic hydroxyl groups excluding tert-OH is 1. The summed E-state index contributed by atoms with van der Waals surface area (Å²) in [6.07, 6.45) is 3.93.